The summed E-state index contributed by atoms with van der Waals surface area (Å²) in [6.07, 6.45) is 8.50. The van der Waals surface area contributed by atoms with Crippen molar-refractivity contribution >= 4 is 30.2 Å². The number of nitrogens with two attached hydrogens (primary N) is 2. The molecule has 0 bridgehead atoms. The van der Waals surface area contributed by atoms with Crippen LogP contribution in [0.1, 0.15) is 57.4 Å². The van der Waals surface area contributed by atoms with E-state index in [1.54, 1.807) is 22.1 Å². The third-order valence-electron chi connectivity index (χ3n) is 8.83. The highest BCUT2D eigenvalue weighted by molar-refractivity contribution is 5.89. The first-order valence-electron chi connectivity index (χ1n) is 14.6. The molecule has 224 valence electrons. The number of halogens is 1. The van der Waals surface area contributed by atoms with Crippen molar-refractivity contribution in [2.45, 2.75) is 76.0 Å². The number of carbonyl (C=O) groups is 2. The first kappa shape index (κ1) is 31.0. The average molecular weight is 587 g/mol. The second-order valence-electron chi connectivity index (χ2n) is 11.5. The van der Waals surface area contributed by atoms with Gasteiger partial charge in [-0.25, -0.2) is 9.59 Å². The molecule has 2 aromatic rings. The van der Waals surface area contributed by atoms with E-state index in [4.69, 9.17) is 11.5 Å². The summed E-state index contributed by atoms with van der Waals surface area (Å²) in [4.78, 5) is 48.2. The lowest BCUT2D eigenvalue weighted by Crippen LogP contribution is -2.63. The Balaban J connectivity index is 0.00000387. The first-order valence-corrected chi connectivity index (χ1v) is 14.6. The Hall–Kier alpha value is -2.99. The van der Waals surface area contributed by atoms with E-state index in [1.165, 1.54) is 10.1 Å². The molecule has 1 aliphatic heterocycles. The van der Waals surface area contributed by atoms with Crippen molar-refractivity contribution in [1.82, 2.24) is 24.3 Å². The van der Waals surface area contributed by atoms with Gasteiger partial charge in [-0.1, -0.05) is 19.1 Å². The number of aromatic nitrogens is 2. The Morgan fingerprint density at radius 2 is 1.66 bits per heavy atom. The van der Waals surface area contributed by atoms with Crippen LogP contribution in [-0.2, 0) is 11.3 Å². The van der Waals surface area contributed by atoms with Gasteiger partial charge in [-0.15, -0.1) is 12.4 Å². The van der Waals surface area contributed by atoms with Gasteiger partial charge in [0.1, 0.15) is 5.82 Å². The van der Waals surface area contributed by atoms with Crippen molar-refractivity contribution in [3.05, 3.63) is 52.6 Å². The van der Waals surface area contributed by atoms with Crippen molar-refractivity contribution in [1.29, 1.82) is 0 Å². The molecule has 0 spiro atoms. The van der Waals surface area contributed by atoms with E-state index in [0.29, 0.717) is 38.3 Å². The van der Waals surface area contributed by atoms with Crippen LogP contribution in [0.3, 0.4) is 0 Å². The summed E-state index contributed by atoms with van der Waals surface area (Å²) in [5.74, 6) is 0.178. The van der Waals surface area contributed by atoms with E-state index >= 15 is 0 Å². The summed E-state index contributed by atoms with van der Waals surface area (Å²) in [5, 5.41) is 2.72. The van der Waals surface area contributed by atoms with Gasteiger partial charge in [-0.05, 0) is 75.3 Å². The average Bonchev–Trinajstić information content (AvgIpc) is 2.95. The molecule has 41 heavy (non-hydrogen) atoms. The maximum Gasteiger partial charge on any atom is 0.354 e. The van der Waals surface area contributed by atoms with Crippen LogP contribution in [0.15, 0.2) is 41.3 Å². The topological polar surface area (TPSA) is 143 Å². The second kappa shape index (κ2) is 13.3. The van der Waals surface area contributed by atoms with Crippen LogP contribution in [0.4, 0.5) is 10.6 Å². The summed E-state index contributed by atoms with van der Waals surface area (Å²) in [6, 6.07) is 10.1. The molecule has 0 unspecified atom stereocenters. The molecular weight excluding hydrogens is 544 g/mol. The smallest absolute Gasteiger partial charge is 0.338 e. The fourth-order valence-electron chi connectivity index (χ4n) is 6.02. The van der Waals surface area contributed by atoms with E-state index < -0.39 is 11.2 Å². The zero-order valence-corrected chi connectivity index (χ0v) is 24.7. The Morgan fingerprint density at radius 3 is 2.22 bits per heavy atom. The largest absolute Gasteiger partial charge is 0.354 e. The van der Waals surface area contributed by atoms with E-state index in [9.17, 15) is 14.4 Å². The van der Waals surface area contributed by atoms with Crippen LogP contribution in [-0.4, -0.2) is 86.5 Å². The standard InChI is InChI=1S/C29H42N8O3.ClH/c1-2-34(23-10-6-22(30)7-11-23)20-21-4-8-24(9-5-21)37-15-12-25(33-28(37)40)32-27(39)36-18-16-35(17-19-36)26(38)29(31)13-3-14-29;/h4-5,8-9,12,15,22-23H,2-3,6-7,10-11,13-14,16-20,30-31H2,1H3,(H,32,33,39,40);1H. The molecule has 1 saturated heterocycles. The van der Waals surface area contributed by atoms with Crippen LogP contribution < -0.4 is 22.5 Å². The number of nitrogens with zero attached hydrogens (tertiary/aromatic N) is 5. The Morgan fingerprint density at radius 1 is 1.02 bits per heavy atom. The molecule has 3 amide bonds. The molecular formula is C29H43ClN8O3. The maximum atomic E-state index is 12.8. The lowest BCUT2D eigenvalue weighted by molar-refractivity contribution is -0.141. The van der Waals surface area contributed by atoms with E-state index in [2.05, 4.69) is 34.3 Å². The summed E-state index contributed by atoms with van der Waals surface area (Å²) < 4.78 is 1.47. The molecule has 2 heterocycles. The third-order valence-corrected chi connectivity index (χ3v) is 8.83. The fraction of sp³-hybridized carbons (Fsp3) is 0.586. The number of nitrogens with one attached hydrogen (secondary N) is 1. The van der Waals surface area contributed by atoms with Gasteiger partial charge in [0.2, 0.25) is 5.91 Å². The molecule has 0 radical (unpaired) electrons. The number of anilines is 1. The Labute approximate surface area is 247 Å². The van der Waals surface area contributed by atoms with Gasteiger partial charge in [0.25, 0.3) is 0 Å². The van der Waals surface area contributed by atoms with Crippen LogP contribution in [0.5, 0.6) is 0 Å². The highest BCUT2D eigenvalue weighted by atomic mass is 35.5. The van der Waals surface area contributed by atoms with Crippen molar-refractivity contribution in [2.75, 3.05) is 38.0 Å². The molecule has 3 aliphatic rings. The van der Waals surface area contributed by atoms with Crippen molar-refractivity contribution in [3.63, 3.8) is 0 Å². The highest BCUT2D eigenvalue weighted by Crippen LogP contribution is 2.31. The van der Waals surface area contributed by atoms with Gasteiger partial charge in [-0.3, -0.25) is 19.6 Å². The Bertz CT molecular complexity index is 1250. The molecule has 1 aromatic carbocycles. The molecule has 5 N–H and O–H groups in total. The number of rotatable bonds is 7. The van der Waals surface area contributed by atoms with Crippen molar-refractivity contribution < 1.29 is 9.59 Å². The van der Waals surface area contributed by atoms with E-state index in [-0.39, 0.29) is 30.2 Å². The summed E-state index contributed by atoms with van der Waals surface area (Å²) >= 11 is 0. The van der Waals surface area contributed by atoms with Gasteiger partial charge in [-0.2, -0.15) is 4.98 Å². The molecule has 2 saturated carbocycles. The lowest BCUT2D eigenvalue weighted by Gasteiger charge is -2.43. The van der Waals surface area contributed by atoms with Crippen LogP contribution in [0.2, 0.25) is 0 Å². The number of hydrogen-bond donors (Lipinski definition) is 3. The summed E-state index contributed by atoms with van der Waals surface area (Å²) in [7, 11) is 0. The normalized spacial score (nSPS) is 22.0. The zero-order chi connectivity index (χ0) is 28.3. The van der Waals surface area contributed by atoms with E-state index in [0.717, 1.165) is 63.7 Å². The summed E-state index contributed by atoms with van der Waals surface area (Å²) in [6.45, 7) is 5.75. The molecule has 2 aliphatic carbocycles. The molecule has 1 aromatic heterocycles. The third kappa shape index (κ3) is 7.09. The molecule has 0 atom stereocenters. The van der Waals surface area contributed by atoms with Gasteiger partial charge < -0.3 is 21.3 Å². The number of urea groups is 1. The van der Waals surface area contributed by atoms with E-state index in [1.807, 2.05) is 12.1 Å². The van der Waals surface area contributed by atoms with Gasteiger partial charge in [0.05, 0.1) is 11.2 Å². The summed E-state index contributed by atoms with van der Waals surface area (Å²) in [5.41, 5.74) is 13.0. The Kier molecular flexibility index (Phi) is 10.1. The molecule has 3 fully saturated rings. The number of hydrogen-bond acceptors (Lipinski definition) is 7. The number of benzene rings is 1. The molecule has 12 heteroatoms. The number of amides is 3. The minimum atomic E-state index is -0.724. The van der Waals surface area contributed by atoms with Gasteiger partial charge in [0.15, 0.2) is 0 Å². The zero-order valence-electron chi connectivity index (χ0n) is 23.8. The second-order valence-corrected chi connectivity index (χ2v) is 11.5. The van der Waals surface area contributed by atoms with Gasteiger partial charge >= 0.3 is 11.7 Å². The SMILES string of the molecule is CCN(Cc1ccc(-n2ccc(NC(=O)N3CCN(C(=O)C4(N)CCC4)CC3)nc2=O)cc1)C1CCC(N)CC1.Cl. The van der Waals surface area contributed by atoms with Crippen molar-refractivity contribution in [2.24, 2.45) is 11.5 Å². The minimum Gasteiger partial charge on any atom is -0.338 e. The number of carbonyl (C=O) groups excluding carboxylic acids is 2. The predicted molar refractivity (Wildman–Crippen MR) is 161 cm³/mol. The molecule has 11 nitrogen and oxygen atoms in total. The minimum absolute atomic E-state index is 0. The first-order chi connectivity index (χ1) is 19.3. The monoisotopic (exact) mass is 586 g/mol. The number of piperazine rings is 1. The fourth-order valence-corrected chi connectivity index (χ4v) is 6.02. The predicted octanol–water partition coefficient (Wildman–Crippen LogP) is 2.30. The van der Waals surface area contributed by atoms with Crippen LogP contribution in [0.25, 0.3) is 5.69 Å². The van der Waals surface area contributed by atoms with Gasteiger partial charge in [0, 0.05) is 51.0 Å². The molecule has 5 rings (SSSR count). The maximum absolute atomic E-state index is 12.8. The highest BCUT2D eigenvalue weighted by Gasteiger charge is 2.43. The van der Waals surface area contributed by atoms with Crippen LogP contribution >= 0.6 is 12.4 Å². The van der Waals surface area contributed by atoms with Crippen LogP contribution in [0, 0.1) is 0 Å². The lowest BCUT2D eigenvalue weighted by atomic mass is 9.76. The quantitative estimate of drug-likeness (QED) is 0.452. The van der Waals surface area contributed by atoms with Crippen molar-refractivity contribution in [3.8, 4) is 5.69 Å².